The van der Waals surface area contributed by atoms with Gasteiger partial charge in [0.15, 0.2) is 6.29 Å². The van der Waals surface area contributed by atoms with Crippen molar-refractivity contribution in [2.75, 3.05) is 0 Å². The second-order valence-electron chi connectivity index (χ2n) is 2.58. The van der Waals surface area contributed by atoms with Gasteiger partial charge < -0.3 is 4.57 Å². The molecular weight excluding hydrogens is 164 g/mol. The van der Waals surface area contributed by atoms with E-state index in [4.69, 9.17) is 11.6 Å². The molecule has 0 aliphatic carbocycles. The summed E-state index contributed by atoms with van der Waals surface area (Å²) < 4.78 is 1.89. The lowest BCUT2D eigenvalue weighted by molar-refractivity contribution is 0.111. The van der Waals surface area contributed by atoms with Crippen molar-refractivity contribution in [1.29, 1.82) is 0 Å². The molecule has 3 nitrogen and oxygen atoms in total. The zero-order chi connectivity index (χ0) is 7.84. The number of aryl methyl sites for hydroxylation is 1. The highest BCUT2D eigenvalue weighted by Crippen LogP contribution is 2.22. The van der Waals surface area contributed by atoms with Crippen LogP contribution in [-0.4, -0.2) is 15.8 Å². The van der Waals surface area contributed by atoms with E-state index in [0.717, 1.165) is 25.2 Å². The molecule has 0 spiro atoms. The van der Waals surface area contributed by atoms with E-state index in [1.165, 1.54) is 0 Å². The lowest BCUT2D eigenvalue weighted by Gasteiger charge is -1.94. The maximum atomic E-state index is 10.4. The van der Waals surface area contributed by atoms with Gasteiger partial charge in [0.1, 0.15) is 16.7 Å². The number of fused-ring (bicyclic) bond motifs is 1. The average molecular weight is 171 g/mol. The van der Waals surface area contributed by atoms with Crippen LogP contribution in [0.25, 0.3) is 0 Å². The lowest BCUT2D eigenvalue weighted by Crippen LogP contribution is -1.91. The number of rotatable bonds is 1. The number of hydrogen-bond donors (Lipinski definition) is 0. The van der Waals surface area contributed by atoms with E-state index >= 15 is 0 Å². The van der Waals surface area contributed by atoms with Crippen LogP contribution in [0.5, 0.6) is 0 Å². The Morgan fingerprint density at radius 3 is 3.09 bits per heavy atom. The maximum Gasteiger partial charge on any atom is 0.171 e. The molecule has 4 heteroatoms. The smallest absolute Gasteiger partial charge is 0.171 e. The predicted octanol–water partition coefficient (Wildman–Crippen LogP) is 1.30. The van der Waals surface area contributed by atoms with Crippen LogP contribution in [-0.2, 0) is 13.0 Å². The van der Waals surface area contributed by atoms with E-state index in [9.17, 15) is 4.79 Å². The molecule has 0 bridgehead atoms. The van der Waals surface area contributed by atoms with Gasteiger partial charge in [-0.2, -0.15) is 0 Å². The zero-order valence-corrected chi connectivity index (χ0v) is 6.64. The Morgan fingerprint density at radius 2 is 2.45 bits per heavy atom. The van der Waals surface area contributed by atoms with Crippen molar-refractivity contribution in [1.82, 2.24) is 9.55 Å². The largest absolute Gasteiger partial charge is 0.318 e. The Labute approximate surface area is 69.0 Å². The van der Waals surface area contributed by atoms with Crippen LogP contribution in [0.4, 0.5) is 0 Å². The first kappa shape index (κ1) is 6.85. The van der Waals surface area contributed by atoms with Gasteiger partial charge in [-0.3, -0.25) is 4.79 Å². The summed E-state index contributed by atoms with van der Waals surface area (Å²) in [5.74, 6) is 0.942. The molecule has 0 radical (unpaired) electrons. The van der Waals surface area contributed by atoms with Crippen LogP contribution in [0.15, 0.2) is 0 Å². The third-order valence-corrected chi connectivity index (χ3v) is 2.30. The standard InChI is InChI=1S/C7H7ClN2O/c8-7-5(4-11)9-6-2-1-3-10(6)7/h4H,1-3H2. The highest BCUT2D eigenvalue weighted by Gasteiger charge is 2.18. The van der Waals surface area contributed by atoms with Crippen molar-refractivity contribution in [3.63, 3.8) is 0 Å². The van der Waals surface area contributed by atoms with Crippen LogP contribution in [0.3, 0.4) is 0 Å². The van der Waals surface area contributed by atoms with E-state index < -0.39 is 0 Å². The molecule has 11 heavy (non-hydrogen) atoms. The van der Waals surface area contributed by atoms with Crippen molar-refractivity contribution in [3.8, 4) is 0 Å². The molecule has 58 valence electrons. The Hall–Kier alpha value is -0.830. The number of aldehydes is 1. The van der Waals surface area contributed by atoms with E-state index in [1.54, 1.807) is 0 Å². The van der Waals surface area contributed by atoms with Gasteiger partial charge in [0, 0.05) is 13.0 Å². The summed E-state index contributed by atoms with van der Waals surface area (Å²) in [5.41, 5.74) is 0.376. The molecule has 0 fully saturated rings. The van der Waals surface area contributed by atoms with Crippen molar-refractivity contribution >= 4 is 17.9 Å². The lowest BCUT2D eigenvalue weighted by atomic mass is 10.3. The van der Waals surface area contributed by atoms with Crippen LogP contribution < -0.4 is 0 Å². The molecule has 0 unspecified atom stereocenters. The fourth-order valence-electron chi connectivity index (χ4n) is 1.39. The third kappa shape index (κ3) is 0.878. The van der Waals surface area contributed by atoms with E-state index in [1.807, 2.05) is 4.57 Å². The highest BCUT2D eigenvalue weighted by molar-refractivity contribution is 6.31. The summed E-state index contributed by atoms with van der Waals surface area (Å²) >= 11 is 5.84. The average Bonchev–Trinajstić information content (AvgIpc) is 2.53. The molecule has 0 saturated heterocycles. The molecule has 2 rings (SSSR count). The number of carbonyl (C=O) groups excluding carboxylic acids is 1. The quantitative estimate of drug-likeness (QED) is 0.596. The zero-order valence-electron chi connectivity index (χ0n) is 5.88. The van der Waals surface area contributed by atoms with Gasteiger partial charge >= 0.3 is 0 Å². The number of imidazole rings is 1. The summed E-state index contributed by atoms with van der Waals surface area (Å²) in [6.07, 6.45) is 2.72. The second-order valence-corrected chi connectivity index (χ2v) is 2.94. The van der Waals surface area contributed by atoms with Gasteiger partial charge in [0.25, 0.3) is 0 Å². The molecule has 1 aromatic heterocycles. The van der Waals surface area contributed by atoms with E-state index in [0.29, 0.717) is 17.1 Å². The number of hydrogen-bond acceptors (Lipinski definition) is 2. The minimum atomic E-state index is 0.376. The van der Waals surface area contributed by atoms with Crippen molar-refractivity contribution in [2.24, 2.45) is 0 Å². The van der Waals surface area contributed by atoms with Crippen molar-refractivity contribution in [2.45, 2.75) is 19.4 Å². The molecule has 1 aromatic rings. The van der Waals surface area contributed by atoms with Gasteiger partial charge in [-0.15, -0.1) is 0 Å². The summed E-state index contributed by atoms with van der Waals surface area (Å²) in [7, 11) is 0. The van der Waals surface area contributed by atoms with E-state index in [-0.39, 0.29) is 0 Å². The van der Waals surface area contributed by atoms with Gasteiger partial charge in [-0.1, -0.05) is 11.6 Å². The van der Waals surface area contributed by atoms with Crippen LogP contribution in [0.1, 0.15) is 22.7 Å². The minimum Gasteiger partial charge on any atom is -0.318 e. The van der Waals surface area contributed by atoms with Crippen LogP contribution in [0, 0.1) is 0 Å². The molecule has 1 aliphatic heterocycles. The van der Waals surface area contributed by atoms with Gasteiger partial charge in [-0.25, -0.2) is 4.98 Å². The minimum absolute atomic E-state index is 0.376. The normalized spacial score (nSPS) is 15.0. The Balaban J connectivity index is 2.57. The second kappa shape index (κ2) is 2.34. The number of aromatic nitrogens is 2. The number of nitrogens with zero attached hydrogens (tertiary/aromatic N) is 2. The molecule has 0 aromatic carbocycles. The van der Waals surface area contributed by atoms with E-state index in [2.05, 4.69) is 4.98 Å². The van der Waals surface area contributed by atoms with Crippen LogP contribution >= 0.6 is 11.6 Å². The van der Waals surface area contributed by atoms with Gasteiger partial charge in [-0.05, 0) is 6.42 Å². The summed E-state index contributed by atoms with van der Waals surface area (Å²) in [5, 5.41) is 0.493. The van der Waals surface area contributed by atoms with Crippen molar-refractivity contribution in [3.05, 3.63) is 16.7 Å². The van der Waals surface area contributed by atoms with Gasteiger partial charge in [0.2, 0.25) is 0 Å². The molecule has 1 aliphatic rings. The highest BCUT2D eigenvalue weighted by atomic mass is 35.5. The SMILES string of the molecule is O=Cc1nc2n(c1Cl)CCC2. The molecule has 0 atom stereocenters. The third-order valence-electron chi connectivity index (χ3n) is 1.90. The monoisotopic (exact) mass is 170 g/mol. The Kier molecular flexibility index (Phi) is 1.46. The fourth-order valence-corrected chi connectivity index (χ4v) is 1.65. The molecule has 0 N–H and O–H groups in total. The van der Waals surface area contributed by atoms with Gasteiger partial charge in [0.05, 0.1) is 0 Å². The molecule has 0 amide bonds. The molecule has 2 heterocycles. The maximum absolute atomic E-state index is 10.4. The summed E-state index contributed by atoms with van der Waals surface area (Å²) in [4.78, 5) is 14.4. The number of carbonyl (C=O) groups is 1. The molecular formula is C7H7ClN2O. The summed E-state index contributed by atoms with van der Waals surface area (Å²) in [6, 6.07) is 0. The number of halogens is 1. The van der Waals surface area contributed by atoms with Crippen molar-refractivity contribution < 1.29 is 4.79 Å². The molecule has 0 saturated carbocycles. The fraction of sp³-hybridized carbons (Fsp3) is 0.429. The summed E-state index contributed by atoms with van der Waals surface area (Å²) in [6.45, 7) is 0.898. The topological polar surface area (TPSA) is 34.9 Å². The first-order chi connectivity index (χ1) is 5.33. The first-order valence-electron chi connectivity index (χ1n) is 3.53. The Morgan fingerprint density at radius 1 is 1.64 bits per heavy atom. The predicted molar refractivity (Wildman–Crippen MR) is 40.9 cm³/mol. The van der Waals surface area contributed by atoms with Crippen LogP contribution in [0.2, 0.25) is 5.15 Å². The first-order valence-corrected chi connectivity index (χ1v) is 3.91. The Bertz CT molecular complexity index is 306.